The average molecular weight is 247 g/mol. The quantitative estimate of drug-likeness (QED) is 0.466. The van der Waals surface area contributed by atoms with E-state index in [0.29, 0.717) is 17.5 Å². The maximum Gasteiger partial charge on any atom is 0.292 e. The molecule has 0 spiro atoms. The lowest BCUT2D eigenvalue weighted by Crippen LogP contribution is -2.40. The molecular weight excluding hydrogens is 230 g/mol. The van der Waals surface area contributed by atoms with E-state index in [1.807, 2.05) is 6.07 Å². The third-order valence-corrected chi connectivity index (χ3v) is 4.15. The Balaban J connectivity index is 2.06. The fraction of sp³-hybridized carbons (Fsp3) is 0.538. The van der Waals surface area contributed by atoms with Gasteiger partial charge in [0.05, 0.1) is 4.92 Å². The fourth-order valence-corrected chi connectivity index (χ4v) is 3.51. The molecule has 0 radical (unpaired) electrons. The van der Waals surface area contributed by atoms with Crippen LogP contribution in [0.4, 0.5) is 11.4 Å². The van der Waals surface area contributed by atoms with Crippen LogP contribution in [0.2, 0.25) is 0 Å². The number of likely N-dealkylation sites (N-methyl/N-ethyl adjacent to an activating group) is 1. The highest BCUT2D eigenvalue weighted by atomic mass is 16.6. The van der Waals surface area contributed by atoms with E-state index in [-0.39, 0.29) is 10.6 Å². The van der Waals surface area contributed by atoms with Crippen LogP contribution in [0.15, 0.2) is 12.1 Å². The zero-order valence-electron chi connectivity index (χ0n) is 10.4. The summed E-state index contributed by atoms with van der Waals surface area (Å²) in [7, 11) is 2.14. The van der Waals surface area contributed by atoms with Gasteiger partial charge in [-0.05, 0) is 48.9 Å². The number of nitrogen functional groups attached to an aromatic ring is 1. The Hall–Kier alpha value is -1.62. The van der Waals surface area contributed by atoms with E-state index >= 15 is 0 Å². The van der Waals surface area contributed by atoms with Crippen LogP contribution in [-0.4, -0.2) is 30.0 Å². The number of nitrogens with two attached hydrogens (primary N) is 1. The Morgan fingerprint density at radius 2 is 2.22 bits per heavy atom. The summed E-state index contributed by atoms with van der Waals surface area (Å²) >= 11 is 0. The molecule has 3 rings (SSSR count). The van der Waals surface area contributed by atoms with E-state index in [9.17, 15) is 10.1 Å². The molecule has 0 aromatic heterocycles. The highest BCUT2D eigenvalue weighted by Crippen LogP contribution is 2.41. The number of rotatable bonds is 1. The van der Waals surface area contributed by atoms with E-state index < -0.39 is 0 Å². The summed E-state index contributed by atoms with van der Waals surface area (Å²) in [4.78, 5) is 12.9. The van der Waals surface area contributed by atoms with E-state index in [1.165, 1.54) is 12.0 Å². The third kappa shape index (κ3) is 1.75. The van der Waals surface area contributed by atoms with Gasteiger partial charge in [-0.1, -0.05) is 0 Å². The molecule has 2 aliphatic rings. The van der Waals surface area contributed by atoms with Gasteiger partial charge >= 0.3 is 0 Å². The number of hydrogen-bond donors (Lipinski definition) is 1. The van der Waals surface area contributed by atoms with Crippen molar-refractivity contribution in [1.29, 1.82) is 0 Å². The number of nitro groups is 1. The molecule has 2 N–H and O–H groups in total. The molecule has 96 valence electrons. The molecule has 0 saturated carbocycles. The standard InChI is InChI=1S/C13H17N3O2/c1-15-6-8-2-9-4-13(16(17)18)12(14)5-11(9)10(3-8)7-15/h4-5,8,10H,2-3,6-7,14H2,1H3. The zero-order valence-corrected chi connectivity index (χ0v) is 10.4. The third-order valence-electron chi connectivity index (χ3n) is 4.15. The minimum Gasteiger partial charge on any atom is -0.393 e. The molecule has 2 atom stereocenters. The summed E-state index contributed by atoms with van der Waals surface area (Å²) in [6, 6.07) is 3.52. The van der Waals surface area contributed by atoms with Crippen molar-refractivity contribution in [3.8, 4) is 0 Å². The summed E-state index contributed by atoms with van der Waals surface area (Å²) in [5.74, 6) is 1.12. The second-order valence-corrected chi connectivity index (χ2v) is 5.59. The molecular formula is C13H17N3O2. The Bertz CT molecular complexity index is 515. The van der Waals surface area contributed by atoms with Gasteiger partial charge < -0.3 is 10.6 Å². The van der Waals surface area contributed by atoms with E-state index in [2.05, 4.69) is 11.9 Å². The largest absolute Gasteiger partial charge is 0.393 e. The second-order valence-electron chi connectivity index (χ2n) is 5.59. The van der Waals surface area contributed by atoms with E-state index in [1.54, 1.807) is 6.07 Å². The number of hydrogen-bond acceptors (Lipinski definition) is 4. The molecule has 1 heterocycles. The normalized spacial score (nSPS) is 26.7. The van der Waals surface area contributed by atoms with Gasteiger partial charge in [0.2, 0.25) is 0 Å². The Kier molecular flexibility index (Phi) is 2.52. The van der Waals surface area contributed by atoms with Gasteiger partial charge in [0.15, 0.2) is 0 Å². The van der Waals surface area contributed by atoms with Crippen LogP contribution < -0.4 is 5.73 Å². The molecule has 1 saturated heterocycles. The lowest BCUT2D eigenvalue weighted by Gasteiger charge is -2.40. The minimum atomic E-state index is -0.383. The van der Waals surface area contributed by atoms with E-state index in [0.717, 1.165) is 25.1 Å². The monoisotopic (exact) mass is 247 g/mol. The summed E-state index contributed by atoms with van der Waals surface area (Å²) < 4.78 is 0. The Morgan fingerprint density at radius 3 is 2.94 bits per heavy atom. The summed E-state index contributed by atoms with van der Waals surface area (Å²) in [5.41, 5.74) is 8.50. The van der Waals surface area contributed by atoms with E-state index in [4.69, 9.17) is 5.73 Å². The molecule has 1 aromatic rings. The minimum absolute atomic E-state index is 0.0575. The van der Waals surface area contributed by atoms with Crippen LogP contribution in [0, 0.1) is 16.0 Å². The lowest BCUT2D eigenvalue weighted by atomic mass is 9.74. The number of nitrogens with zero attached hydrogens (tertiary/aromatic N) is 2. The average Bonchev–Trinajstić information content (AvgIpc) is 2.28. The maximum atomic E-state index is 10.9. The van der Waals surface area contributed by atoms with Crippen LogP contribution in [0.25, 0.3) is 0 Å². The van der Waals surface area contributed by atoms with Crippen molar-refractivity contribution in [2.24, 2.45) is 5.92 Å². The van der Waals surface area contributed by atoms with Gasteiger partial charge in [-0.3, -0.25) is 10.1 Å². The van der Waals surface area contributed by atoms with Crippen LogP contribution in [-0.2, 0) is 6.42 Å². The highest BCUT2D eigenvalue weighted by molar-refractivity contribution is 5.62. The molecule has 0 amide bonds. The topological polar surface area (TPSA) is 72.4 Å². The second kappa shape index (κ2) is 3.95. The molecule has 1 aromatic carbocycles. The Morgan fingerprint density at radius 1 is 1.44 bits per heavy atom. The summed E-state index contributed by atoms with van der Waals surface area (Å²) in [5, 5.41) is 10.9. The van der Waals surface area contributed by atoms with Crippen molar-refractivity contribution in [2.45, 2.75) is 18.8 Å². The lowest BCUT2D eigenvalue weighted by molar-refractivity contribution is -0.384. The van der Waals surface area contributed by atoms with Crippen molar-refractivity contribution < 1.29 is 4.92 Å². The SMILES string of the molecule is CN1CC2Cc3cc([N+](=O)[O-])c(N)cc3C(C2)C1. The molecule has 1 fully saturated rings. The van der Waals surface area contributed by atoms with Crippen molar-refractivity contribution in [3.63, 3.8) is 0 Å². The first-order valence-electron chi connectivity index (χ1n) is 6.30. The number of fused-ring (bicyclic) bond motifs is 4. The highest BCUT2D eigenvalue weighted by Gasteiger charge is 2.34. The molecule has 1 aliphatic heterocycles. The first kappa shape index (κ1) is 11.5. The number of nitro benzene ring substituents is 1. The van der Waals surface area contributed by atoms with Crippen LogP contribution in [0.1, 0.15) is 23.5 Å². The van der Waals surface area contributed by atoms with Gasteiger partial charge in [-0.2, -0.15) is 0 Å². The van der Waals surface area contributed by atoms with Crippen LogP contribution in [0.3, 0.4) is 0 Å². The molecule has 18 heavy (non-hydrogen) atoms. The van der Waals surface area contributed by atoms with Gasteiger partial charge in [0.25, 0.3) is 5.69 Å². The number of anilines is 1. The number of piperidine rings is 1. The van der Waals surface area contributed by atoms with Gasteiger partial charge in [0, 0.05) is 19.2 Å². The summed E-state index contributed by atoms with van der Waals surface area (Å²) in [6.07, 6.45) is 2.13. The number of likely N-dealkylation sites (tertiary alicyclic amines) is 1. The van der Waals surface area contributed by atoms with Crippen LogP contribution >= 0.6 is 0 Å². The predicted molar refractivity (Wildman–Crippen MR) is 69.6 cm³/mol. The smallest absolute Gasteiger partial charge is 0.292 e. The molecule has 2 bridgehead atoms. The molecule has 2 unspecified atom stereocenters. The summed E-state index contributed by atoms with van der Waals surface area (Å²) in [6.45, 7) is 2.12. The van der Waals surface area contributed by atoms with Crippen molar-refractivity contribution in [1.82, 2.24) is 4.90 Å². The molecule has 1 aliphatic carbocycles. The van der Waals surface area contributed by atoms with Crippen molar-refractivity contribution in [3.05, 3.63) is 33.4 Å². The first-order valence-corrected chi connectivity index (χ1v) is 6.30. The molecule has 5 nitrogen and oxygen atoms in total. The fourth-order valence-electron chi connectivity index (χ4n) is 3.51. The van der Waals surface area contributed by atoms with Crippen molar-refractivity contribution >= 4 is 11.4 Å². The van der Waals surface area contributed by atoms with Gasteiger partial charge in [-0.25, -0.2) is 0 Å². The zero-order chi connectivity index (χ0) is 12.9. The maximum absolute atomic E-state index is 10.9. The number of benzene rings is 1. The Labute approximate surface area is 106 Å². The first-order chi connectivity index (χ1) is 8.54. The predicted octanol–water partition coefficient (Wildman–Crippen LogP) is 1.77. The van der Waals surface area contributed by atoms with Gasteiger partial charge in [0.1, 0.15) is 5.69 Å². The van der Waals surface area contributed by atoms with Crippen molar-refractivity contribution in [2.75, 3.05) is 25.9 Å². The van der Waals surface area contributed by atoms with Crippen LogP contribution in [0.5, 0.6) is 0 Å². The molecule has 5 heteroatoms. The van der Waals surface area contributed by atoms with Gasteiger partial charge in [-0.15, -0.1) is 0 Å².